The lowest BCUT2D eigenvalue weighted by molar-refractivity contribution is -0.646. The molecule has 1 aliphatic rings. The molecule has 0 aromatic carbocycles. The van der Waals surface area contributed by atoms with Crippen molar-refractivity contribution in [1.82, 2.24) is 14.5 Å². The van der Waals surface area contributed by atoms with E-state index in [4.69, 9.17) is 26.0 Å². The van der Waals surface area contributed by atoms with E-state index in [9.17, 15) is 18.8 Å². The van der Waals surface area contributed by atoms with Crippen LogP contribution in [0.5, 0.6) is 0 Å². The van der Waals surface area contributed by atoms with Gasteiger partial charge >= 0.3 is 21.2 Å². The summed E-state index contributed by atoms with van der Waals surface area (Å²) in [5.41, 5.74) is 11.6. The van der Waals surface area contributed by atoms with Crippen LogP contribution in [0.15, 0.2) is 11.1 Å². The van der Waals surface area contributed by atoms with Gasteiger partial charge in [-0.3, -0.25) is 14.3 Å². The first kappa shape index (κ1) is 21.0. The maximum Gasteiger partial charge on any atom is 0.481 e. The summed E-state index contributed by atoms with van der Waals surface area (Å²) in [4.78, 5) is 45.1. The van der Waals surface area contributed by atoms with Crippen molar-refractivity contribution in [2.45, 2.75) is 24.8 Å². The van der Waals surface area contributed by atoms with E-state index >= 15 is 0 Å². The van der Waals surface area contributed by atoms with Crippen LogP contribution in [-0.2, 0) is 29.7 Å². The van der Waals surface area contributed by atoms with Crippen LogP contribution >= 0.6 is 15.6 Å². The fourth-order valence-electron chi connectivity index (χ4n) is 2.89. The fraction of sp³-hybridized carbons (Fsp3) is 0.545. The molecule has 3 rings (SSSR count). The van der Waals surface area contributed by atoms with Crippen molar-refractivity contribution in [2.24, 2.45) is 12.8 Å². The summed E-state index contributed by atoms with van der Waals surface area (Å²) in [5, 5.41) is 0. The predicted octanol–water partition coefficient (Wildman–Crippen LogP) is -2.03. The van der Waals surface area contributed by atoms with E-state index in [1.54, 1.807) is 13.4 Å². The van der Waals surface area contributed by atoms with Crippen LogP contribution in [0.4, 0.5) is 5.95 Å². The van der Waals surface area contributed by atoms with Gasteiger partial charge < -0.3 is 30.9 Å². The topological polar surface area (TPSA) is 229 Å². The molecule has 8 N–H and O–H groups in total. The number of phosphoric acid groups is 2. The molecule has 17 heteroatoms. The number of nitrogens with zero attached hydrogens (tertiary/aromatic N) is 3. The zero-order chi connectivity index (χ0) is 20.9. The molecule has 0 saturated carbocycles. The molecule has 2 aromatic rings. The number of nitrogens with one attached hydrogen (secondary N) is 1. The number of anilines is 1. The second-order valence-corrected chi connectivity index (χ2v) is 8.95. The highest BCUT2D eigenvalue weighted by Crippen LogP contribution is 2.57. The molecular weight excluding hydrogens is 422 g/mol. The van der Waals surface area contributed by atoms with Crippen molar-refractivity contribution in [3.8, 4) is 0 Å². The number of ether oxygens (including phenoxy) is 1. The second-order valence-electron chi connectivity index (χ2n) is 6.12. The lowest BCUT2D eigenvalue weighted by Gasteiger charge is -2.17. The van der Waals surface area contributed by atoms with E-state index in [1.807, 2.05) is 0 Å². The van der Waals surface area contributed by atoms with Crippen LogP contribution < -0.4 is 21.6 Å². The predicted molar refractivity (Wildman–Crippen MR) is 91.4 cm³/mol. The molecule has 15 nitrogen and oxygen atoms in total. The number of H-pyrrole nitrogens is 1. The van der Waals surface area contributed by atoms with E-state index in [0.717, 1.165) is 0 Å². The first-order valence-electron chi connectivity index (χ1n) is 7.77. The maximum absolute atomic E-state index is 12.1. The molecule has 0 radical (unpaired) electrons. The van der Waals surface area contributed by atoms with Gasteiger partial charge in [0.2, 0.25) is 18.5 Å². The fourth-order valence-corrected chi connectivity index (χ4v) is 4.49. The summed E-state index contributed by atoms with van der Waals surface area (Å²) >= 11 is 0. The van der Waals surface area contributed by atoms with Crippen LogP contribution in [0.1, 0.15) is 12.6 Å². The Balaban J connectivity index is 1.78. The van der Waals surface area contributed by atoms with Gasteiger partial charge in [0.15, 0.2) is 0 Å². The van der Waals surface area contributed by atoms with E-state index in [2.05, 4.69) is 18.8 Å². The van der Waals surface area contributed by atoms with Crippen molar-refractivity contribution in [3.05, 3.63) is 16.7 Å². The number of fused-ring (bicyclic) bond motifs is 1. The molecule has 0 bridgehead atoms. The number of hydrogen-bond donors (Lipinski definition) is 6. The van der Waals surface area contributed by atoms with Crippen molar-refractivity contribution in [1.29, 1.82) is 0 Å². The lowest BCUT2D eigenvalue weighted by atomic mass is 10.1. The smallest absolute Gasteiger partial charge is 0.369 e. The molecule has 3 heterocycles. The third kappa shape index (κ3) is 4.49. The SMILES string of the molecule is C[n+]1cn([C@H]2C[C@@H](N)[C@@H](COP(=O)(O)OP(=O)(O)O)O2)c2nc(N)[nH]c(=O)c21. The van der Waals surface area contributed by atoms with Gasteiger partial charge in [-0.2, -0.15) is 13.9 Å². The molecule has 1 aliphatic heterocycles. The lowest BCUT2D eigenvalue weighted by Crippen LogP contribution is -2.33. The zero-order valence-corrected chi connectivity index (χ0v) is 16.2. The van der Waals surface area contributed by atoms with Crippen molar-refractivity contribution >= 4 is 32.8 Å². The van der Waals surface area contributed by atoms with Gasteiger partial charge in [-0.15, -0.1) is 0 Å². The molecule has 4 atom stereocenters. The van der Waals surface area contributed by atoms with Gasteiger partial charge in [0, 0.05) is 12.5 Å². The Labute approximate surface area is 156 Å². The molecule has 28 heavy (non-hydrogen) atoms. The minimum absolute atomic E-state index is 0.0876. The normalized spacial score (nSPS) is 25.2. The van der Waals surface area contributed by atoms with E-state index in [0.29, 0.717) is 0 Å². The molecule has 0 aliphatic carbocycles. The molecule has 1 unspecified atom stereocenters. The Hall–Kier alpha value is -1.67. The van der Waals surface area contributed by atoms with Crippen molar-refractivity contribution in [2.75, 3.05) is 12.3 Å². The van der Waals surface area contributed by atoms with Crippen LogP contribution in [0.25, 0.3) is 11.2 Å². The molecule has 1 fully saturated rings. The Morgan fingerprint density at radius 3 is 2.79 bits per heavy atom. The summed E-state index contributed by atoms with van der Waals surface area (Å²) in [5.74, 6) is -0.0876. The van der Waals surface area contributed by atoms with Gasteiger partial charge in [-0.25, -0.2) is 13.7 Å². The van der Waals surface area contributed by atoms with Crippen molar-refractivity contribution in [3.63, 3.8) is 0 Å². The van der Waals surface area contributed by atoms with E-state index in [1.165, 1.54) is 9.13 Å². The number of nitrogen functional groups attached to an aromatic ring is 1. The van der Waals surface area contributed by atoms with Gasteiger partial charge in [-0.1, -0.05) is 0 Å². The monoisotopic (exact) mass is 441 g/mol. The number of imidazole rings is 1. The molecule has 2 aromatic heterocycles. The summed E-state index contributed by atoms with van der Waals surface area (Å²) in [6.07, 6.45) is 0.206. The maximum atomic E-state index is 12.1. The third-order valence-electron chi connectivity index (χ3n) is 3.99. The number of nitrogens with two attached hydrogens (primary N) is 2. The Morgan fingerprint density at radius 2 is 2.14 bits per heavy atom. The van der Waals surface area contributed by atoms with E-state index < -0.39 is 46.2 Å². The molecule has 156 valence electrons. The molecule has 0 spiro atoms. The first-order valence-corrected chi connectivity index (χ1v) is 10.8. The Morgan fingerprint density at radius 1 is 1.46 bits per heavy atom. The number of aromatic amines is 1. The van der Waals surface area contributed by atoms with Crippen LogP contribution in [0.3, 0.4) is 0 Å². The highest BCUT2D eigenvalue weighted by atomic mass is 31.3. The largest absolute Gasteiger partial charge is 0.481 e. The van der Waals surface area contributed by atoms with Gasteiger partial charge in [0.05, 0.1) is 13.7 Å². The van der Waals surface area contributed by atoms with Gasteiger partial charge in [-0.05, 0) is 0 Å². The Bertz CT molecular complexity index is 1050. The summed E-state index contributed by atoms with van der Waals surface area (Å²) in [6, 6.07) is -0.651. The number of aromatic nitrogens is 4. The highest BCUT2D eigenvalue weighted by Gasteiger charge is 2.41. The van der Waals surface area contributed by atoms with Crippen molar-refractivity contribution < 1.29 is 41.9 Å². The molecular formula is C11H19N6O9P2+. The van der Waals surface area contributed by atoms with Gasteiger partial charge in [0.1, 0.15) is 6.10 Å². The minimum atomic E-state index is -5.23. The minimum Gasteiger partial charge on any atom is -0.369 e. The second kappa shape index (κ2) is 7.30. The first-order chi connectivity index (χ1) is 12.9. The number of rotatable bonds is 6. The zero-order valence-electron chi connectivity index (χ0n) is 14.4. The van der Waals surface area contributed by atoms with Crippen LogP contribution in [0, 0.1) is 0 Å². The van der Waals surface area contributed by atoms with Gasteiger partial charge in [0.25, 0.3) is 11.2 Å². The average Bonchev–Trinajstić information content (AvgIpc) is 3.03. The van der Waals surface area contributed by atoms with E-state index in [-0.39, 0.29) is 23.5 Å². The summed E-state index contributed by atoms with van der Waals surface area (Å²) < 4.78 is 39.3. The quantitative estimate of drug-likeness (QED) is 0.211. The molecule has 0 amide bonds. The number of phosphoric ester groups is 1. The molecule has 1 saturated heterocycles. The van der Waals surface area contributed by atoms with Crippen LogP contribution in [-0.4, -0.2) is 48.0 Å². The third-order valence-corrected chi connectivity index (χ3v) is 6.15. The Kier molecular flexibility index (Phi) is 5.49. The summed E-state index contributed by atoms with van der Waals surface area (Å²) in [6.45, 7) is -0.563. The van der Waals surface area contributed by atoms with Crippen LogP contribution in [0.2, 0.25) is 0 Å². The number of aryl methyl sites for hydroxylation is 1. The average molecular weight is 441 g/mol. The summed E-state index contributed by atoms with van der Waals surface area (Å²) in [7, 11) is -8.62. The number of hydrogen-bond acceptors (Lipinski definition) is 9. The standard InChI is InChI=1S/C11H18N6O9P2/c1-16-4-17(9-8(16)10(18)15-11(13)14-9)7-2-5(12)6(25-7)3-24-28(22,23)26-27(19,20)21/h4-7H,2-3,12H2,1H3,(H5-,13,14,15,18,19,20,21,22,23)/p+1/t5-,6-,7-/m1/s1. The highest BCUT2D eigenvalue weighted by molar-refractivity contribution is 7.60.